The van der Waals surface area contributed by atoms with E-state index >= 15 is 0 Å². The number of halogens is 2. The van der Waals surface area contributed by atoms with Crippen LogP contribution in [0, 0.1) is 11.6 Å². The van der Waals surface area contributed by atoms with Crippen LogP contribution in [0.1, 0.15) is 21.6 Å². The first kappa shape index (κ1) is 18.0. The summed E-state index contributed by atoms with van der Waals surface area (Å²) in [7, 11) is 0. The summed E-state index contributed by atoms with van der Waals surface area (Å²) in [5, 5.41) is 2.91. The van der Waals surface area contributed by atoms with E-state index in [9.17, 15) is 13.6 Å². The number of nitrogens with zero attached hydrogens (tertiary/aromatic N) is 1. The molecule has 1 N–H and O–H groups in total. The van der Waals surface area contributed by atoms with E-state index in [-0.39, 0.29) is 12.5 Å². The molecule has 0 saturated heterocycles. The Labute approximate surface area is 160 Å². The highest BCUT2D eigenvalue weighted by molar-refractivity contribution is 5.97. The maximum atomic E-state index is 13.6. The zero-order valence-electron chi connectivity index (χ0n) is 15.0. The summed E-state index contributed by atoms with van der Waals surface area (Å²) < 4.78 is 33.9. The van der Waals surface area contributed by atoms with Crippen molar-refractivity contribution in [2.24, 2.45) is 0 Å². The van der Waals surface area contributed by atoms with Gasteiger partial charge in [0.1, 0.15) is 5.69 Å². The van der Waals surface area contributed by atoms with E-state index in [0.717, 1.165) is 23.2 Å². The zero-order chi connectivity index (χ0) is 19.5. The molecule has 1 amide bonds. The second-order valence-corrected chi connectivity index (χ2v) is 6.53. The van der Waals surface area contributed by atoms with Crippen molar-refractivity contribution in [3.8, 4) is 0 Å². The van der Waals surface area contributed by atoms with E-state index in [1.54, 1.807) is 16.7 Å². The molecule has 0 saturated carbocycles. The van der Waals surface area contributed by atoms with Gasteiger partial charge in [0.2, 0.25) is 0 Å². The molecule has 0 fully saturated rings. The van der Waals surface area contributed by atoms with Crippen LogP contribution in [-0.2, 0) is 13.0 Å². The van der Waals surface area contributed by atoms with Gasteiger partial charge < -0.3 is 14.3 Å². The Hall–Kier alpha value is -3.41. The van der Waals surface area contributed by atoms with Crippen LogP contribution in [-0.4, -0.2) is 17.0 Å². The molecule has 0 unspecified atom stereocenters. The Balaban J connectivity index is 1.54. The molecule has 0 radical (unpaired) electrons. The Morgan fingerprint density at radius 3 is 2.57 bits per heavy atom. The average Bonchev–Trinajstić information content (AvgIpc) is 3.28. The normalized spacial score (nSPS) is 11.1. The predicted octanol–water partition coefficient (Wildman–Crippen LogP) is 4.53. The summed E-state index contributed by atoms with van der Waals surface area (Å²) in [6.07, 6.45) is 2.25. The first-order valence-electron chi connectivity index (χ1n) is 8.94. The molecule has 6 heteroatoms. The van der Waals surface area contributed by atoms with E-state index in [4.69, 9.17) is 4.42 Å². The van der Waals surface area contributed by atoms with E-state index in [0.29, 0.717) is 29.8 Å². The number of benzene rings is 2. The molecule has 4 aromatic rings. The van der Waals surface area contributed by atoms with Crippen LogP contribution in [0.2, 0.25) is 0 Å². The summed E-state index contributed by atoms with van der Waals surface area (Å²) in [5.74, 6) is -2.06. The predicted molar refractivity (Wildman–Crippen MR) is 102 cm³/mol. The summed E-state index contributed by atoms with van der Waals surface area (Å²) in [4.78, 5) is 12.7. The van der Waals surface area contributed by atoms with Crippen molar-refractivity contribution in [3.05, 3.63) is 95.4 Å². The van der Waals surface area contributed by atoms with Crippen molar-refractivity contribution in [1.82, 2.24) is 9.88 Å². The Kier molecular flexibility index (Phi) is 4.93. The van der Waals surface area contributed by atoms with E-state index < -0.39 is 11.6 Å². The lowest BCUT2D eigenvalue weighted by atomic mass is 10.1. The van der Waals surface area contributed by atoms with Crippen LogP contribution in [0.5, 0.6) is 0 Å². The van der Waals surface area contributed by atoms with Gasteiger partial charge >= 0.3 is 0 Å². The number of hydrogen-bond acceptors (Lipinski definition) is 2. The maximum Gasteiger partial charge on any atom is 0.268 e. The summed E-state index contributed by atoms with van der Waals surface area (Å²) in [5.41, 5.74) is 3.38. The van der Waals surface area contributed by atoms with Gasteiger partial charge in [0.15, 0.2) is 17.2 Å². The van der Waals surface area contributed by atoms with Crippen LogP contribution < -0.4 is 5.32 Å². The van der Waals surface area contributed by atoms with Crippen molar-refractivity contribution in [2.45, 2.75) is 13.0 Å². The highest BCUT2D eigenvalue weighted by Crippen LogP contribution is 2.23. The van der Waals surface area contributed by atoms with Gasteiger partial charge in [-0.3, -0.25) is 4.79 Å². The lowest BCUT2D eigenvalue weighted by molar-refractivity contribution is 0.0945. The van der Waals surface area contributed by atoms with Crippen molar-refractivity contribution < 1.29 is 18.0 Å². The third-order valence-electron chi connectivity index (χ3n) is 4.62. The number of carbonyl (C=O) groups is 1. The SMILES string of the molecule is O=C(NCCc1ccccc1)c1cc2occc2n1Cc1ccc(F)c(F)c1. The van der Waals surface area contributed by atoms with Crippen LogP contribution in [0.15, 0.2) is 71.3 Å². The van der Waals surface area contributed by atoms with Gasteiger partial charge in [0.05, 0.1) is 11.8 Å². The van der Waals surface area contributed by atoms with E-state index in [1.165, 1.54) is 12.3 Å². The van der Waals surface area contributed by atoms with Gasteiger partial charge in [-0.15, -0.1) is 0 Å². The average molecular weight is 380 g/mol. The Morgan fingerprint density at radius 2 is 1.79 bits per heavy atom. The summed E-state index contributed by atoms with van der Waals surface area (Å²) >= 11 is 0. The first-order chi connectivity index (χ1) is 13.6. The number of fused-ring (bicyclic) bond motifs is 1. The first-order valence-corrected chi connectivity index (χ1v) is 8.94. The fourth-order valence-corrected chi connectivity index (χ4v) is 3.21. The molecule has 2 heterocycles. The smallest absolute Gasteiger partial charge is 0.268 e. The van der Waals surface area contributed by atoms with Crippen molar-refractivity contribution >= 4 is 17.0 Å². The fourth-order valence-electron chi connectivity index (χ4n) is 3.21. The van der Waals surface area contributed by atoms with E-state index in [1.807, 2.05) is 30.3 Å². The Morgan fingerprint density at radius 1 is 0.964 bits per heavy atom. The van der Waals surface area contributed by atoms with Crippen LogP contribution >= 0.6 is 0 Å². The number of nitrogens with one attached hydrogen (secondary N) is 1. The van der Waals surface area contributed by atoms with E-state index in [2.05, 4.69) is 5.32 Å². The molecule has 2 aromatic carbocycles. The van der Waals surface area contributed by atoms with Gasteiger partial charge in [-0.05, 0) is 29.7 Å². The van der Waals surface area contributed by atoms with Gasteiger partial charge in [0, 0.05) is 25.2 Å². The summed E-state index contributed by atoms with van der Waals surface area (Å²) in [6.45, 7) is 0.711. The van der Waals surface area contributed by atoms with Gasteiger partial charge in [0.25, 0.3) is 5.91 Å². The molecule has 0 aliphatic rings. The number of hydrogen-bond donors (Lipinski definition) is 1. The minimum Gasteiger partial charge on any atom is -0.463 e. The third kappa shape index (κ3) is 3.67. The molecule has 2 aromatic heterocycles. The molecule has 28 heavy (non-hydrogen) atoms. The number of furan rings is 1. The van der Waals surface area contributed by atoms with Crippen LogP contribution in [0.4, 0.5) is 8.78 Å². The monoisotopic (exact) mass is 380 g/mol. The highest BCUT2D eigenvalue weighted by atomic mass is 19.2. The van der Waals surface area contributed by atoms with Crippen LogP contribution in [0.3, 0.4) is 0 Å². The Bertz CT molecular complexity index is 1120. The lowest BCUT2D eigenvalue weighted by Gasteiger charge is -2.11. The maximum absolute atomic E-state index is 13.6. The second-order valence-electron chi connectivity index (χ2n) is 6.53. The van der Waals surface area contributed by atoms with Crippen LogP contribution in [0.25, 0.3) is 11.1 Å². The number of carbonyl (C=O) groups excluding carboxylic acids is 1. The fraction of sp³-hybridized carbons (Fsp3) is 0.136. The quantitative estimate of drug-likeness (QED) is 0.534. The van der Waals surface area contributed by atoms with Crippen molar-refractivity contribution in [1.29, 1.82) is 0 Å². The molecular formula is C22H18F2N2O2. The summed E-state index contributed by atoms with van der Waals surface area (Å²) in [6, 6.07) is 17.0. The van der Waals surface area contributed by atoms with Gasteiger partial charge in [-0.25, -0.2) is 8.78 Å². The van der Waals surface area contributed by atoms with Crippen molar-refractivity contribution in [2.75, 3.05) is 6.54 Å². The second kappa shape index (κ2) is 7.68. The standard InChI is InChI=1S/C22H18F2N2O2/c23-17-7-6-16(12-18(17)24)14-26-19-9-11-28-21(19)13-20(26)22(27)25-10-8-15-4-2-1-3-5-15/h1-7,9,11-13H,8,10,14H2,(H,25,27). The lowest BCUT2D eigenvalue weighted by Crippen LogP contribution is -2.28. The minimum atomic E-state index is -0.915. The number of rotatable bonds is 6. The zero-order valence-corrected chi connectivity index (χ0v) is 15.0. The molecule has 0 spiro atoms. The van der Waals surface area contributed by atoms with Gasteiger partial charge in [-0.1, -0.05) is 36.4 Å². The molecule has 0 aliphatic heterocycles. The molecule has 0 bridgehead atoms. The minimum absolute atomic E-state index is 0.224. The highest BCUT2D eigenvalue weighted by Gasteiger charge is 2.18. The molecule has 4 nitrogen and oxygen atoms in total. The largest absolute Gasteiger partial charge is 0.463 e. The molecule has 0 atom stereocenters. The van der Waals surface area contributed by atoms with Crippen molar-refractivity contribution in [3.63, 3.8) is 0 Å². The number of aromatic nitrogens is 1. The molecule has 142 valence electrons. The number of amides is 1. The topological polar surface area (TPSA) is 47.2 Å². The molecule has 0 aliphatic carbocycles. The van der Waals surface area contributed by atoms with Gasteiger partial charge in [-0.2, -0.15) is 0 Å². The third-order valence-corrected chi connectivity index (χ3v) is 4.62. The molecule has 4 rings (SSSR count). The molecular weight excluding hydrogens is 362 g/mol.